The highest BCUT2D eigenvalue weighted by Crippen LogP contribution is 2.23. The molecule has 0 spiro atoms. The molecule has 1 heterocycles. The summed E-state index contributed by atoms with van der Waals surface area (Å²) in [6.07, 6.45) is 2.96. The van der Waals surface area contributed by atoms with E-state index in [1.165, 1.54) is 23.7 Å². The fourth-order valence-corrected chi connectivity index (χ4v) is 2.95. The predicted octanol–water partition coefficient (Wildman–Crippen LogP) is 1.05. The molecule has 0 aliphatic rings. The minimum atomic E-state index is -3.65. The average Bonchev–Trinajstić information content (AvgIpc) is 2.38. The molecule has 0 aliphatic carbocycles. The normalized spacial score (nSPS) is 13.1. The summed E-state index contributed by atoms with van der Waals surface area (Å²) in [6, 6.07) is 3.17. The molecular formula is C11H16N4O2S. The van der Waals surface area contributed by atoms with Gasteiger partial charge in [0.05, 0.1) is 18.2 Å². The van der Waals surface area contributed by atoms with Crippen molar-refractivity contribution in [2.24, 2.45) is 0 Å². The van der Waals surface area contributed by atoms with Crippen LogP contribution in [0.1, 0.15) is 13.3 Å². The van der Waals surface area contributed by atoms with Crippen molar-refractivity contribution >= 4 is 15.7 Å². The maximum absolute atomic E-state index is 12.4. The number of nitriles is 1. The number of hydrogen-bond donors (Lipinski definition) is 1. The van der Waals surface area contributed by atoms with Crippen LogP contribution in [0.3, 0.4) is 0 Å². The Morgan fingerprint density at radius 3 is 2.83 bits per heavy atom. The zero-order valence-electron chi connectivity index (χ0n) is 10.6. The van der Waals surface area contributed by atoms with Gasteiger partial charge in [0, 0.05) is 32.5 Å². The first-order chi connectivity index (χ1) is 8.45. The lowest BCUT2D eigenvalue weighted by Gasteiger charge is -2.23. The van der Waals surface area contributed by atoms with Crippen LogP contribution in [0.25, 0.3) is 0 Å². The minimum absolute atomic E-state index is 0.111. The highest BCUT2D eigenvalue weighted by atomic mass is 32.2. The van der Waals surface area contributed by atoms with Crippen molar-refractivity contribution in [3.8, 4) is 6.07 Å². The predicted molar refractivity (Wildman–Crippen MR) is 68.4 cm³/mol. The lowest BCUT2D eigenvalue weighted by molar-refractivity contribution is 0.393. The minimum Gasteiger partial charge on any atom is -0.387 e. The van der Waals surface area contributed by atoms with E-state index in [0.717, 1.165) is 0 Å². The molecule has 0 radical (unpaired) electrons. The van der Waals surface area contributed by atoms with E-state index in [9.17, 15) is 8.42 Å². The lowest BCUT2D eigenvalue weighted by atomic mass is 10.3. The molecule has 98 valence electrons. The number of nitrogens with one attached hydrogen (secondary N) is 1. The SMILES string of the molecule is CNc1ccncc1S(=O)(=O)N(C)C(C)CC#N. The Bertz CT molecular complexity index is 550. The van der Waals surface area contributed by atoms with Gasteiger partial charge in [-0.05, 0) is 13.0 Å². The van der Waals surface area contributed by atoms with Gasteiger partial charge in [-0.3, -0.25) is 4.98 Å². The molecule has 0 fully saturated rings. The zero-order valence-corrected chi connectivity index (χ0v) is 11.4. The Balaban J connectivity index is 3.18. The third-order valence-electron chi connectivity index (χ3n) is 2.72. The van der Waals surface area contributed by atoms with Gasteiger partial charge >= 0.3 is 0 Å². The van der Waals surface area contributed by atoms with Crippen molar-refractivity contribution in [2.75, 3.05) is 19.4 Å². The Labute approximate surface area is 107 Å². The molecule has 0 amide bonds. The Morgan fingerprint density at radius 2 is 2.28 bits per heavy atom. The van der Waals surface area contributed by atoms with E-state index in [-0.39, 0.29) is 17.4 Å². The van der Waals surface area contributed by atoms with Crippen LogP contribution < -0.4 is 5.32 Å². The molecule has 1 atom stereocenters. The summed E-state index contributed by atoms with van der Waals surface area (Å²) < 4.78 is 25.9. The van der Waals surface area contributed by atoms with E-state index >= 15 is 0 Å². The molecule has 0 aliphatic heterocycles. The molecule has 1 rings (SSSR count). The van der Waals surface area contributed by atoms with Gasteiger partial charge in [0.25, 0.3) is 0 Å². The Morgan fingerprint density at radius 1 is 1.61 bits per heavy atom. The summed E-state index contributed by atoms with van der Waals surface area (Å²) in [5, 5.41) is 11.4. The van der Waals surface area contributed by atoms with Crippen molar-refractivity contribution in [3.63, 3.8) is 0 Å². The molecule has 7 heteroatoms. The Kier molecular flexibility index (Phi) is 4.64. The van der Waals surface area contributed by atoms with E-state index < -0.39 is 10.0 Å². The average molecular weight is 268 g/mol. The van der Waals surface area contributed by atoms with Gasteiger partial charge in [-0.15, -0.1) is 0 Å². The van der Waals surface area contributed by atoms with Crippen LogP contribution in [0.2, 0.25) is 0 Å². The van der Waals surface area contributed by atoms with Crippen LogP contribution in [-0.2, 0) is 10.0 Å². The summed E-state index contributed by atoms with van der Waals surface area (Å²) >= 11 is 0. The molecule has 0 bridgehead atoms. The number of hydrogen-bond acceptors (Lipinski definition) is 5. The highest BCUT2D eigenvalue weighted by molar-refractivity contribution is 7.89. The third-order valence-corrected chi connectivity index (χ3v) is 4.72. The zero-order chi connectivity index (χ0) is 13.8. The summed E-state index contributed by atoms with van der Waals surface area (Å²) in [5.41, 5.74) is 0.487. The number of sulfonamides is 1. The van der Waals surface area contributed by atoms with Gasteiger partial charge in [0.1, 0.15) is 4.90 Å². The maximum atomic E-state index is 12.4. The van der Waals surface area contributed by atoms with Gasteiger partial charge in [-0.1, -0.05) is 0 Å². The summed E-state index contributed by atoms with van der Waals surface area (Å²) in [6.45, 7) is 1.69. The Hall–Kier alpha value is -1.65. The monoisotopic (exact) mass is 268 g/mol. The first kappa shape index (κ1) is 14.4. The van der Waals surface area contributed by atoms with E-state index in [0.29, 0.717) is 5.69 Å². The molecule has 6 nitrogen and oxygen atoms in total. The fraction of sp³-hybridized carbons (Fsp3) is 0.455. The standard InChI is InChI=1S/C11H16N4O2S/c1-9(4-6-12)15(3)18(16,17)11-8-14-7-5-10(11)13-2/h5,7-9H,4H2,1-3H3,(H,13,14). The maximum Gasteiger partial charge on any atom is 0.246 e. The van der Waals surface area contributed by atoms with E-state index in [4.69, 9.17) is 5.26 Å². The first-order valence-corrected chi connectivity index (χ1v) is 6.86. The van der Waals surface area contributed by atoms with E-state index in [1.54, 1.807) is 20.0 Å². The highest BCUT2D eigenvalue weighted by Gasteiger charge is 2.27. The largest absolute Gasteiger partial charge is 0.387 e. The second-order valence-corrected chi connectivity index (χ2v) is 5.82. The third kappa shape index (κ3) is 2.78. The molecule has 1 aromatic rings. The van der Waals surface area contributed by atoms with Crippen LogP contribution in [0.4, 0.5) is 5.69 Å². The van der Waals surface area contributed by atoms with Crippen molar-refractivity contribution in [3.05, 3.63) is 18.5 Å². The summed E-state index contributed by atoms with van der Waals surface area (Å²) in [5.74, 6) is 0. The number of nitrogens with zero attached hydrogens (tertiary/aromatic N) is 3. The van der Waals surface area contributed by atoms with Crippen molar-refractivity contribution in [1.29, 1.82) is 5.26 Å². The first-order valence-electron chi connectivity index (χ1n) is 5.42. The topological polar surface area (TPSA) is 86.1 Å². The molecule has 18 heavy (non-hydrogen) atoms. The molecule has 1 unspecified atom stereocenters. The molecule has 1 aromatic heterocycles. The number of rotatable bonds is 5. The van der Waals surface area contributed by atoms with Crippen LogP contribution >= 0.6 is 0 Å². The van der Waals surface area contributed by atoms with E-state index in [1.807, 2.05) is 6.07 Å². The van der Waals surface area contributed by atoms with Crippen LogP contribution in [0.5, 0.6) is 0 Å². The van der Waals surface area contributed by atoms with Gasteiger partial charge in [-0.2, -0.15) is 9.57 Å². The quantitative estimate of drug-likeness (QED) is 0.862. The van der Waals surface area contributed by atoms with Crippen LogP contribution in [0.15, 0.2) is 23.4 Å². The number of pyridine rings is 1. The second-order valence-electron chi connectivity index (χ2n) is 3.85. The molecule has 0 saturated heterocycles. The van der Waals surface area contributed by atoms with Gasteiger partial charge < -0.3 is 5.32 Å². The van der Waals surface area contributed by atoms with Crippen molar-refractivity contribution in [1.82, 2.24) is 9.29 Å². The van der Waals surface area contributed by atoms with Gasteiger partial charge in [0.15, 0.2) is 0 Å². The number of aromatic nitrogens is 1. The number of anilines is 1. The summed E-state index contributed by atoms with van der Waals surface area (Å²) in [4.78, 5) is 3.95. The molecule has 1 N–H and O–H groups in total. The van der Waals surface area contributed by atoms with Crippen LogP contribution in [0, 0.1) is 11.3 Å². The smallest absolute Gasteiger partial charge is 0.246 e. The fourth-order valence-electron chi connectivity index (χ4n) is 1.44. The molecular weight excluding hydrogens is 252 g/mol. The lowest BCUT2D eigenvalue weighted by Crippen LogP contribution is -2.35. The second kappa shape index (κ2) is 5.80. The summed E-state index contributed by atoms with van der Waals surface area (Å²) in [7, 11) is -0.538. The van der Waals surface area contributed by atoms with Gasteiger partial charge in [-0.25, -0.2) is 8.42 Å². The molecule has 0 aromatic carbocycles. The van der Waals surface area contributed by atoms with Crippen molar-refractivity contribution < 1.29 is 8.42 Å². The molecule has 0 saturated carbocycles. The van der Waals surface area contributed by atoms with Crippen molar-refractivity contribution in [2.45, 2.75) is 24.3 Å². The van der Waals surface area contributed by atoms with E-state index in [2.05, 4.69) is 10.3 Å². The van der Waals surface area contributed by atoms with Crippen LogP contribution in [-0.4, -0.2) is 37.8 Å². The van der Waals surface area contributed by atoms with Gasteiger partial charge in [0.2, 0.25) is 10.0 Å².